The highest BCUT2D eigenvalue weighted by atomic mass is 16.5. The maximum absolute atomic E-state index is 13.0. The number of hydrazone groups is 1. The highest BCUT2D eigenvalue weighted by Crippen LogP contribution is 2.18. The van der Waals surface area contributed by atoms with Crippen LogP contribution in [-0.2, 0) is 27.1 Å². The Labute approximate surface area is 196 Å². The average molecular weight is 461 g/mol. The van der Waals surface area contributed by atoms with Crippen molar-refractivity contribution in [3.8, 4) is 5.75 Å². The van der Waals surface area contributed by atoms with Crippen molar-refractivity contribution < 1.29 is 4.74 Å². The summed E-state index contributed by atoms with van der Waals surface area (Å²) in [5, 5.41) is 4.49. The highest BCUT2D eigenvalue weighted by molar-refractivity contribution is 5.99. The Balaban J connectivity index is 1.69. The lowest BCUT2D eigenvalue weighted by Gasteiger charge is -2.10. The monoisotopic (exact) mass is 460 g/mol. The number of benzene rings is 2. The first-order valence-electron chi connectivity index (χ1n) is 11.1. The van der Waals surface area contributed by atoms with E-state index in [0.717, 1.165) is 34.4 Å². The molecule has 0 spiro atoms. The predicted octanol–water partition coefficient (Wildman–Crippen LogP) is 2.91. The van der Waals surface area contributed by atoms with Gasteiger partial charge in [0.15, 0.2) is 11.2 Å². The zero-order valence-corrected chi connectivity index (χ0v) is 19.8. The number of fused-ring (bicyclic) bond motifs is 1. The number of aryl methyl sites for hydroxylation is 3. The molecule has 2 aromatic heterocycles. The van der Waals surface area contributed by atoms with E-state index in [1.165, 1.54) is 17.2 Å². The van der Waals surface area contributed by atoms with E-state index in [-0.39, 0.29) is 5.56 Å². The van der Waals surface area contributed by atoms with Gasteiger partial charge in [-0.25, -0.2) is 10.2 Å². The molecule has 0 saturated carbocycles. The normalized spacial score (nSPS) is 11.7. The molecule has 0 bridgehead atoms. The zero-order chi connectivity index (χ0) is 24.2. The van der Waals surface area contributed by atoms with E-state index < -0.39 is 5.69 Å². The van der Waals surface area contributed by atoms with Crippen molar-refractivity contribution in [2.45, 2.75) is 26.3 Å². The third-order valence-corrected chi connectivity index (χ3v) is 5.87. The molecule has 0 radical (unpaired) electrons. The van der Waals surface area contributed by atoms with Crippen LogP contribution < -0.4 is 21.4 Å². The molecule has 4 rings (SSSR count). The fourth-order valence-corrected chi connectivity index (χ4v) is 3.87. The van der Waals surface area contributed by atoms with E-state index in [4.69, 9.17) is 4.74 Å². The number of anilines is 1. The largest absolute Gasteiger partial charge is 0.497 e. The van der Waals surface area contributed by atoms with Crippen molar-refractivity contribution in [2.24, 2.45) is 19.2 Å². The minimum absolute atomic E-state index is 0.326. The SMILES string of the molecule is COc1ccc(C(C)=NNc2nc3c(c(=O)n(C)c(=O)n3C)n2CCCc2ccccc2)cc1. The fraction of sp³-hybridized carbons (Fsp3) is 0.280. The van der Waals surface area contributed by atoms with Crippen molar-refractivity contribution >= 4 is 22.8 Å². The second-order valence-electron chi connectivity index (χ2n) is 8.09. The second kappa shape index (κ2) is 9.78. The molecule has 4 aromatic rings. The van der Waals surface area contributed by atoms with E-state index in [0.29, 0.717) is 23.7 Å². The molecule has 34 heavy (non-hydrogen) atoms. The van der Waals surface area contributed by atoms with Gasteiger partial charge in [0.1, 0.15) is 5.75 Å². The summed E-state index contributed by atoms with van der Waals surface area (Å²) in [5.41, 5.74) is 5.80. The summed E-state index contributed by atoms with van der Waals surface area (Å²) in [6.07, 6.45) is 1.64. The van der Waals surface area contributed by atoms with Gasteiger partial charge in [-0.1, -0.05) is 30.3 Å². The minimum atomic E-state index is -0.420. The third kappa shape index (κ3) is 4.50. The molecule has 9 nitrogen and oxygen atoms in total. The van der Waals surface area contributed by atoms with Gasteiger partial charge in [0.2, 0.25) is 5.95 Å². The van der Waals surface area contributed by atoms with Crippen LogP contribution in [0.25, 0.3) is 11.2 Å². The maximum atomic E-state index is 13.0. The number of nitrogens with one attached hydrogen (secondary N) is 1. The van der Waals surface area contributed by atoms with E-state index in [9.17, 15) is 9.59 Å². The number of ether oxygens (including phenoxy) is 1. The van der Waals surface area contributed by atoms with Crippen LogP contribution in [-0.4, -0.2) is 31.5 Å². The Hall–Kier alpha value is -4.14. The van der Waals surface area contributed by atoms with Gasteiger partial charge in [-0.3, -0.25) is 13.9 Å². The maximum Gasteiger partial charge on any atom is 0.332 e. The number of rotatable bonds is 8. The molecule has 0 aliphatic heterocycles. The van der Waals surface area contributed by atoms with Crippen LogP contribution in [0.4, 0.5) is 5.95 Å². The lowest BCUT2D eigenvalue weighted by Crippen LogP contribution is -2.37. The van der Waals surface area contributed by atoms with Crippen LogP contribution in [0.2, 0.25) is 0 Å². The van der Waals surface area contributed by atoms with Gasteiger partial charge in [0.05, 0.1) is 12.8 Å². The van der Waals surface area contributed by atoms with Crippen molar-refractivity contribution in [1.29, 1.82) is 0 Å². The second-order valence-corrected chi connectivity index (χ2v) is 8.09. The molecule has 176 valence electrons. The summed E-state index contributed by atoms with van der Waals surface area (Å²) < 4.78 is 9.51. The van der Waals surface area contributed by atoms with Crippen LogP contribution in [0.5, 0.6) is 5.75 Å². The highest BCUT2D eigenvalue weighted by Gasteiger charge is 2.19. The summed E-state index contributed by atoms with van der Waals surface area (Å²) in [5.74, 6) is 1.18. The molecule has 0 amide bonds. The summed E-state index contributed by atoms with van der Waals surface area (Å²) in [7, 11) is 4.71. The Morgan fingerprint density at radius 3 is 2.41 bits per heavy atom. The lowest BCUT2D eigenvalue weighted by molar-refractivity contribution is 0.415. The van der Waals surface area contributed by atoms with Crippen LogP contribution in [0, 0.1) is 0 Å². The summed E-state index contributed by atoms with van der Waals surface area (Å²) in [6, 6.07) is 17.7. The van der Waals surface area contributed by atoms with Gasteiger partial charge >= 0.3 is 5.69 Å². The Bertz CT molecular complexity index is 1450. The van der Waals surface area contributed by atoms with Crippen LogP contribution in [0.1, 0.15) is 24.5 Å². The van der Waals surface area contributed by atoms with E-state index in [1.54, 1.807) is 14.2 Å². The lowest BCUT2D eigenvalue weighted by atomic mass is 10.1. The van der Waals surface area contributed by atoms with Gasteiger partial charge in [0, 0.05) is 20.6 Å². The molecule has 0 atom stereocenters. The minimum Gasteiger partial charge on any atom is -0.497 e. The predicted molar refractivity (Wildman–Crippen MR) is 134 cm³/mol. The summed E-state index contributed by atoms with van der Waals surface area (Å²) in [6.45, 7) is 2.42. The number of hydrogen-bond donors (Lipinski definition) is 1. The standard InChI is InChI=1S/C25H28N6O3/c1-17(19-12-14-20(34-4)15-13-19)27-28-24-26-22-21(23(32)30(3)25(33)29(22)2)31(24)16-8-11-18-9-6-5-7-10-18/h5-7,9-10,12-15H,8,11,16H2,1-4H3,(H,26,28). The Morgan fingerprint density at radius 2 is 1.74 bits per heavy atom. The smallest absolute Gasteiger partial charge is 0.332 e. The van der Waals surface area contributed by atoms with Gasteiger partial charge in [-0.2, -0.15) is 10.1 Å². The van der Waals surface area contributed by atoms with Crippen LogP contribution >= 0.6 is 0 Å². The van der Waals surface area contributed by atoms with Crippen molar-refractivity contribution in [3.63, 3.8) is 0 Å². The Kier molecular flexibility index (Phi) is 6.62. The number of hydrogen-bond acceptors (Lipinski definition) is 6. The van der Waals surface area contributed by atoms with Crippen LogP contribution in [0.3, 0.4) is 0 Å². The molecular weight excluding hydrogens is 432 g/mol. The number of imidazole rings is 1. The van der Waals surface area contributed by atoms with E-state index in [2.05, 4.69) is 27.6 Å². The molecular formula is C25H28N6O3. The van der Waals surface area contributed by atoms with E-state index in [1.807, 2.05) is 54.0 Å². The quantitative estimate of drug-likeness (QED) is 0.322. The zero-order valence-electron chi connectivity index (χ0n) is 19.8. The van der Waals surface area contributed by atoms with Crippen LogP contribution in [0.15, 0.2) is 69.3 Å². The van der Waals surface area contributed by atoms with Gasteiger partial charge in [0.25, 0.3) is 5.56 Å². The molecule has 0 fully saturated rings. The van der Waals surface area contributed by atoms with Crippen molar-refractivity contribution in [1.82, 2.24) is 18.7 Å². The van der Waals surface area contributed by atoms with Crippen molar-refractivity contribution in [3.05, 3.63) is 86.6 Å². The molecule has 0 unspecified atom stereocenters. The molecule has 2 heterocycles. The topological polar surface area (TPSA) is 95.4 Å². The van der Waals surface area contributed by atoms with Crippen molar-refractivity contribution in [2.75, 3.05) is 12.5 Å². The molecule has 0 aliphatic carbocycles. The number of aromatic nitrogens is 4. The number of methoxy groups -OCH3 is 1. The Morgan fingerprint density at radius 1 is 1.03 bits per heavy atom. The van der Waals surface area contributed by atoms with E-state index >= 15 is 0 Å². The third-order valence-electron chi connectivity index (χ3n) is 5.87. The van der Waals surface area contributed by atoms with Gasteiger partial charge < -0.3 is 9.30 Å². The molecule has 0 aliphatic rings. The van der Waals surface area contributed by atoms with Gasteiger partial charge in [-0.05, 0) is 55.2 Å². The average Bonchev–Trinajstić information content (AvgIpc) is 3.24. The molecule has 0 saturated heterocycles. The molecule has 1 N–H and O–H groups in total. The molecule has 9 heteroatoms. The first kappa shape index (κ1) is 23.0. The molecule has 2 aromatic carbocycles. The first-order valence-corrected chi connectivity index (χ1v) is 11.1. The summed E-state index contributed by atoms with van der Waals surface area (Å²) in [4.78, 5) is 30.0. The number of nitrogens with zero attached hydrogens (tertiary/aromatic N) is 5. The summed E-state index contributed by atoms with van der Waals surface area (Å²) >= 11 is 0. The first-order chi connectivity index (χ1) is 16.4. The fourth-order valence-electron chi connectivity index (χ4n) is 3.87. The van der Waals surface area contributed by atoms with Gasteiger partial charge in [-0.15, -0.1) is 0 Å².